The average molecular weight is 218 g/mol. The molecular weight excluding hydrogens is 208 g/mol. The van der Waals surface area contributed by atoms with Gasteiger partial charge in [0, 0.05) is 30.1 Å². The molecule has 0 saturated heterocycles. The number of nitrogens with zero attached hydrogens (tertiary/aromatic N) is 2. The molecule has 0 radical (unpaired) electrons. The molecule has 82 valence electrons. The lowest BCUT2D eigenvalue weighted by molar-refractivity contribution is -0.400. The summed E-state index contributed by atoms with van der Waals surface area (Å²) in [6.07, 6.45) is 6.08. The smallest absolute Gasteiger partial charge is 0.235 e. The van der Waals surface area contributed by atoms with Crippen molar-refractivity contribution in [1.29, 1.82) is 0 Å². The largest absolute Gasteiger partial charge is 0.497 e. The number of hydrogen-bond donors (Lipinski definition) is 0. The summed E-state index contributed by atoms with van der Waals surface area (Å²) in [5, 5.41) is 10.2. The molecule has 0 fully saturated rings. The normalized spacial score (nSPS) is 11.1. The Kier molecular flexibility index (Phi) is 2.59. The molecule has 0 saturated carbocycles. The fourth-order valence-corrected chi connectivity index (χ4v) is 1.51. The van der Waals surface area contributed by atoms with Gasteiger partial charge in [-0.15, -0.1) is 0 Å². The van der Waals surface area contributed by atoms with E-state index in [1.54, 1.807) is 7.11 Å². The Balaban J connectivity index is 2.49. The molecule has 2 rings (SSSR count). The number of pyridine rings is 1. The number of nitro groups is 1. The van der Waals surface area contributed by atoms with Crippen molar-refractivity contribution in [3.8, 4) is 5.75 Å². The van der Waals surface area contributed by atoms with Crippen molar-refractivity contribution in [3.63, 3.8) is 0 Å². The van der Waals surface area contributed by atoms with Crippen LogP contribution in [0.25, 0.3) is 11.6 Å². The number of methoxy groups -OCH3 is 1. The summed E-state index contributed by atoms with van der Waals surface area (Å²) in [4.78, 5) is 9.76. The van der Waals surface area contributed by atoms with Crippen LogP contribution in [-0.4, -0.2) is 16.4 Å². The summed E-state index contributed by atoms with van der Waals surface area (Å²) in [5.74, 6) is 0.724. The van der Waals surface area contributed by atoms with Gasteiger partial charge in [0.15, 0.2) is 0 Å². The Labute approximate surface area is 91.7 Å². The molecule has 0 amide bonds. The van der Waals surface area contributed by atoms with Gasteiger partial charge >= 0.3 is 0 Å². The van der Waals surface area contributed by atoms with Crippen molar-refractivity contribution in [2.24, 2.45) is 0 Å². The van der Waals surface area contributed by atoms with E-state index in [0.717, 1.165) is 23.0 Å². The highest BCUT2D eigenvalue weighted by Crippen LogP contribution is 2.19. The Hall–Kier alpha value is -2.30. The highest BCUT2D eigenvalue weighted by atomic mass is 16.6. The maximum atomic E-state index is 10.2. The third kappa shape index (κ3) is 1.88. The van der Waals surface area contributed by atoms with Gasteiger partial charge < -0.3 is 9.14 Å². The van der Waals surface area contributed by atoms with Gasteiger partial charge in [-0.2, -0.15) is 0 Å². The van der Waals surface area contributed by atoms with E-state index in [9.17, 15) is 10.1 Å². The van der Waals surface area contributed by atoms with Crippen molar-refractivity contribution in [3.05, 3.63) is 52.5 Å². The van der Waals surface area contributed by atoms with Crippen molar-refractivity contribution in [2.45, 2.75) is 0 Å². The SMILES string of the molecule is COc1ccn2ccc(/C=C/[N+](=O)[O-])c2c1. The second kappa shape index (κ2) is 4.06. The quantitative estimate of drug-likeness (QED) is 0.586. The summed E-state index contributed by atoms with van der Waals surface area (Å²) in [6, 6.07) is 5.47. The van der Waals surface area contributed by atoms with E-state index < -0.39 is 4.92 Å². The zero-order valence-corrected chi connectivity index (χ0v) is 8.66. The Morgan fingerprint density at radius 1 is 1.44 bits per heavy atom. The first-order chi connectivity index (χ1) is 7.70. The molecule has 2 heterocycles. The Bertz CT molecular complexity index is 557. The molecular formula is C11H10N2O3. The van der Waals surface area contributed by atoms with Crippen molar-refractivity contribution >= 4 is 11.6 Å². The molecule has 5 nitrogen and oxygen atoms in total. The van der Waals surface area contributed by atoms with Crippen LogP contribution in [0.3, 0.4) is 0 Å². The number of aromatic nitrogens is 1. The molecule has 0 aliphatic rings. The van der Waals surface area contributed by atoms with E-state index in [0.29, 0.717) is 0 Å². The summed E-state index contributed by atoms with van der Waals surface area (Å²) in [6.45, 7) is 0. The fraction of sp³-hybridized carbons (Fsp3) is 0.0909. The number of ether oxygens (including phenoxy) is 1. The minimum absolute atomic E-state index is 0.482. The van der Waals surface area contributed by atoms with Crippen LogP contribution < -0.4 is 4.74 Å². The Morgan fingerprint density at radius 2 is 2.19 bits per heavy atom. The average Bonchev–Trinajstić information content (AvgIpc) is 2.68. The van der Waals surface area contributed by atoms with E-state index in [2.05, 4.69) is 0 Å². The van der Waals surface area contributed by atoms with Crippen molar-refractivity contribution < 1.29 is 9.66 Å². The monoisotopic (exact) mass is 218 g/mol. The fourth-order valence-electron chi connectivity index (χ4n) is 1.51. The summed E-state index contributed by atoms with van der Waals surface area (Å²) < 4.78 is 6.98. The molecule has 0 atom stereocenters. The van der Waals surface area contributed by atoms with Crippen molar-refractivity contribution in [2.75, 3.05) is 7.11 Å². The summed E-state index contributed by atoms with van der Waals surface area (Å²) in [5.41, 5.74) is 1.66. The third-order valence-corrected chi connectivity index (χ3v) is 2.28. The molecule has 0 spiro atoms. The van der Waals surface area contributed by atoms with Crippen LogP contribution in [0.2, 0.25) is 0 Å². The lowest BCUT2D eigenvalue weighted by Crippen LogP contribution is -1.87. The van der Waals surface area contributed by atoms with Crippen LogP contribution in [-0.2, 0) is 0 Å². The van der Waals surface area contributed by atoms with Crippen LogP contribution in [0, 0.1) is 10.1 Å². The minimum Gasteiger partial charge on any atom is -0.497 e. The molecule has 16 heavy (non-hydrogen) atoms. The van der Waals surface area contributed by atoms with Gasteiger partial charge in [-0.25, -0.2) is 0 Å². The van der Waals surface area contributed by atoms with Gasteiger partial charge in [-0.05, 0) is 12.1 Å². The van der Waals surface area contributed by atoms with E-state index in [4.69, 9.17) is 4.74 Å². The van der Waals surface area contributed by atoms with Gasteiger partial charge in [-0.3, -0.25) is 10.1 Å². The number of hydrogen-bond acceptors (Lipinski definition) is 3. The number of rotatable bonds is 3. The standard InChI is InChI=1S/C11H10N2O3/c1-16-10-4-6-12-5-2-9(11(12)8-10)3-7-13(14)15/h2-8H,1H3/b7-3+. The molecule has 2 aromatic heterocycles. The zero-order valence-electron chi connectivity index (χ0n) is 8.66. The van der Waals surface area contributed by atoms with Gasteiger partial charge in [0.05, 0.1) is 17.5 Å². The van der Waals surface area contributed by atoms with Crippen LogP contribution in [0.1, 0.15) is 5.56 Å². The molecule has 0 bridgehead atoms. The first kappa shape index (κ1) is 10.2. The lowest BCUT2D eigenvalue weighted by Gasteiger charge is -2.01. The predicted octanol–water partition coefficient (Wildman–Crippen LogP) is 2.20. The number of fused-ring (bicyclic) bond motifs is 1. The van der Waals surface area contributed by atoms with Gasteiger partial charge in [0.25, 0.3) is 0 Å². The second-order valence-corrected chi connectivity index (χ2v) is 3.23. The highest BCUT2D eigenvalue weighted by molar-refractivity contribution is 5.70. The van der Waals surface area contributed by atoms with Crippen LogP contribution in [0.5, 0.6) is 5.75 Å². The Morgan fingerprint density at radius 3 is 2.88 bits per heavy atom. The third-order valence-electron chi connectivity index (χ3n) is 2.28. The first-order valence-electron chi connectivity index (χ1n) is 4.67. The minimum atomic E-state index is -0.482. The van der Waals surface area contributed by atoms with Crippen molar-refractivity contribution in [1.82, 2.24) is 4.40 Å². The zero-order chi connectivity index (χ0) is 11.5. The maximum absolute atomic E-state index is 10.2. The van der Waals surface area contributed by atoms with Crippen LogP contribution >= 0.6 is 0 Å². The molecule has 0 aliphatic carbocycles. The first-order valence-corrected chi connectivity index (χ1v) is 4.67. The van der Waals surface area contributed by atoms with Crippen LogP contribution in [0.15, 0.2) is 36.8 Å². The molecule has 0 aromatic carbocycles. The van der Waals surface area contributed by atoms with E-state index in [-0.39, 0.29) is 0 Å². The molecule has 2 aromatic rings. The van der Waals surface area contributed by atoms with Crippen LogP contribution in [0.4, 0.5) is 0 Å². The molecule has 0 unspecified atom stereocenters. The van der Waals surface area contributed by atoms with Gasteiger partial charge in [-0.1, -0.05) is 0 Å². The summed E-state index contributed by atoms with van der Waals surface area (Å²) >= 11 is 0. The maximum Gasteiger partial charge on any atom is 0.235 e. The predicted molar refractivity (Wildman–Crippen MR) is 60.0 cm³/mol. The van der Waals surface area contributed by atoms with Gasteiger partial charge in [0.1, 0.15) is 5.75 Å². The van der Waals surface area contributed by atoms with Gasteiger partial charge in [0.2, 0.25) is 6.20 Å². The lowest BCUT2D eigenvalue weighted by atomic mass is 10.2. The van der Waals surface area contributed by atoms with E-state index >= 15 is 0 Å². The second-order valence-electron chi connectivity index (χ2n) is 3.23. The van der Waals surface area contributed by atoms with E-state index in [1.807, 2.05) is 35.0 Å². The summed E-state index contributed by atoms with van der Waals surface area (Å²) in [7, 11) is 1.58. The van der Waals surface area contributed by atoms with E-state index in [1.165, 1.54) is 6.08 Å². The molecule has 0 aliphatic heterocycles. The topological polar surface area (TPSA) is 56.8 Å². The molecule has 0 N–H and O–H groups in total. The highest BCUT2D eigenvalue weighted by Gasteiger charge is 2.02. The molecule has 5 heteroatoms.